The number of rotatable bonds is 26. The summed E-state index contributed by atoms with van der Waals surface area (Å²) in [6, 6.07) is 1.32. The van der Waals surface area contributed by atoms with Crippen LogP contribution in [0.3, 0.4) is 0 Å². The average Bonchev–Trinajstić information content (AvgIpc) is 2.83. The zero-order valence-electron chi connectivity index (χ0n) is 23.5. The fourth-order valence-corrected chi connectivity index (χ4v) is 5.04. The van der Waals surface area contributed by atoms with E-state index < -0.39 is 0 Å². The van der Waals surface area contributed by atoms with Crippen LogP contribution in [0.4, 0.5) is 0 Å². The molecule has 0 aromatic heterocycles. The van der Waals surface area contributed by atoms with Crippen molar-refractivity contribution >= 4 is 0 Å². The molecule has 0 amide bonds. The van der Waals surface area contributed by atoms with E-state index in [0.717, 1.165) is 12.8 Å². The van der Waals surface area contributed by atoms with Gasteiger partial charge < -0.3 is 16.8 Å². The molecular formula is C30H65N3. The second-order valence-electron chi connectivity index (χ2n) is 10.8. The van der Waals surface area contributed by atoms with Gasteiger partial charge in [0, 0.05) is 24.2 Å². The van der Waals surface area contributed by atoms with Gasteiger partial charge in [-0.2, -0.15) is 0 Å². The number of unbranched alkanes of at least 4 members (excludes halogenated alkanes) is 16. The SMILES string of the molecule is CCCCCCCCCCCC(NC(CCCCCCCCCCC)C(N)CC)C(N)CC. The molecule has 0 aliphatic rings. The van der Waals surface area contributed by atoms with Gasteiger partial charge in [0.25, 0.3) is 0 Å². The minimum absolute atomic E-state index is 0.244. The normalized spacial score (nSPS) is 15.5. The maximum absolute atomic E-state index is 6.56. The van der Waals surface area contributed by atoms with E-state index in [4.69, 9.17) is 11.5 Å². The van der Waals surface area contributed by atoms with Crippen LogP contribution in [-0.4, -0.2) is 24.2 Å². The smallest absolute Gasteiger partial charge is 0.0222 e. The molecule has 0 fully saturated rings. The largest absolute Gasteiger partial charge is 0.326 e. The molecule has 200 valence electrons. The van der Waals surface area contributed by atoms with Crippen molar-refractivity contribution in [2.75, 3.05) is 0 Å². The Balaban J connectivity index is 4.22. The van der Waals surface area contributed by atoms with Crippen molar-refractivity contribution in [2.45, 2.75) is 193 Å². The fourth-order valence-electron chi connectivity index (χ4n) is 5.04. The van der Waals surface area contributed by atoms with E-state index in [1.807, 2.05) is 0 Å². The fraction of sp³-hybridized carbons (Fsp3) is 1.00. The summed E-state index contributed by atoms with van der Waals surface area (Å²) in [7, 11) is 0. The molecule has 0 spiro atoms. The minimum atomic E-state index is 0.244. The number of nitrogens with two attached hydrogens (primary N) is 2. The van der Waals surface area contributed by atoms with Crippen molar-refractivity contribution in [3.63, 3.8) is 0 Å². The lowest BCUT2D eigenvalue weighted by Gasteiger charge is -2.33. The first-order valence-electron chi connectivity index (χ1n) is 15.4. The van der Waals surface area contributed by atoms with Crippen molar-refractivity contribution in [1.29, 1.82) is 0 Å². The highest BCUT2D eigenvalue weighted by Crippen LogP contribution is 2.17. The van der Waals surface area contributed by atoms with E-state index in [1.165, 1.54) is 128 Å². The molecule has 4 unspecified atom stereocenters. The zero-order valence-corrected chi connectivity index (χ0v) is 23.5. The second-order valence-corrected chi connectivity index (χ2v) is 10.8. The standard InChI is InChI=1S/C30H65N3/c1-5-9-11-13-15-17-19-21-23-25-29(27(31)7-3)33-30(28(32)8-4)26-24-22-20-18-16-14-12-10-6-2/h27-30,33H,5-26,31-32H2,1-4H3. The summed E-state index contributed by atoms with van der Waals surface area (Å²) in [5.41, 5.74) is 13.1. The average molecular weight is 468 g/mol. The third-order valence-electron chi connectivity index (χ3n) is 7.64. The number of hydrogen-bond acceptors (Lipinski definition) is 3. The van der Waals surface area contributed by atoms with Crippen molar-refractivity contribution in [3.8, 4) is 0 Å². The zero-order chi connectivity index (χ0) is 24.6. The van der Waals surface area contributed by atoms with Gasteiger partial charge in [0.15, 0.2) is 0 Å². The molecule has 4 atom stereocenters. The van der Waals surface area contributed by atoms with Crippen LogP contribution < -0.4 is 16.8 Å². The third kappa shape index (κ3) is 19.8. The van der Waals surface area contributed by atoms with Gasteiger partial charge in [0.05, 0.1) is 0 Å². The molecule has 0 aromatic rings. The van der Waals surface area contributed by atoms with Crippen molar-refractivity contribution < 1.29 is 0 Å². The van der Waals surface area contributed by atoms with Crippen LogP contribution in [0.25, 0.3) is 0 Å². The molecule has 0 bridgehead atoms. The molecule has 0 aromatic carbocycles. The Morgan fingerprint density at radius 3 is 0.970 bits per heavy atom. The summed E-state index contributed by atoms with van der Waals surface area (Å²) in [5, 5.41) is 3.96. The number of nitrogens with one attached hydrogen (secondary N) is 1. The molecule has 3 heteroatoms. The Bertz CT molecular complexity index is 340. The molecule has 0 heterocycles. The number of hydrogen-bond donors (Lipinski definition) is 3. The molecule has 0 saturated carbocycles. The van der Waals surface area contributed by atoms with E-state index in [-0.39, 0.29) is 12.1 Å². The Morgan fingerprint density at radius 1 is 0.424 bits per heavy atom. The monoisotopic (exact) mass is 468 g/mol. The molecule has 3 nitrogen and oxygen atoms in total. The lowest BCUT2D eigenvalue weighted by Crippen LogP contribution is -2.54. The summed E-state index contributed by atoms with van der Waals surface area (Å²) >= 11 is 0. The van der Waals surface area contributed by atoms with Crippen LogP contribution in [-0.2, 0) is 0 Å². The van der Waals surface area contributed by atoms with Gasteiger partial charge in [-0.15, -0.1) is 0 Å². The summed E-state index contributed by atoms with van der Waals surface area (Å²) in [6.07, 6.45) is 29.4. The molecule has 0 aliphatic heterocycles. The lowest BCUT2D eigenvalue weighted by atomic mass is 9.93. The van der Waals surface area contributed by atoms with Gasteiger partial charge in [0.2, 0.25) is 0 Å². The van der Waals surface area contributed by atoms with Crippen molar-refractivity contribution in [3.05, 3.63) is 0 Å². The van der Waals surface area contributed by atoms with Gasteiger partial charge >= 0.3 is 0 Å². The third-order valence-corrected chi connectivity index (χ3v) is 7.64. The maximum Gasteiger partial charge on any atom is 0.0222 e. The molecule has 5 N–H and O–H groups in total. The Morgan fingerprint density at radius 2 is 0.697 bits per heavy atom. The first-order valence-corrected chi connectivity index (χ1v) is 15.4. The topological polar surface area (TPSA) is 64.1 Å². The molecule has 0 radical (unpaired) electrons. The van der Waals surface area contributed by atoms with Crippen LogP contribution in [0.1, 0.15) is 169 Å². The molecule has 33 heavy (non-hydrogen) atoms. The van der Waals surface area contributed by atoms with Crippen LogP contribution in [0.5, 0.6) is 0 Å². The first kappa shape index (κ1) is 32.9. The maximum atomic E-state index is 6.56. The molecule has 0 saturated heterocycles. The van der Waals surface area contributed by atoms with Gasteiger partial charge in [-0.3, -0.25) is 0 Å². The van der Waals surface area contributed by atoms with Gasteiger partial charge in [-0.25, -0.2) is 0 Å². The summed E-state index contributed by atoms with van der Waals surface area (Å²) in [6.45, 7) is 9.04. The predicted octanol–water partition coefficient (Wildman–Crippen LogP) is 8.63. The van der Waals surface area contributed by atoms with Crippen LogP contribution >= 0.6 is 0 Å². The van der Waals surface area contributed by atoms with Gasteiger partial charge in [0.1, 0.15) is 0 Å². The van der Waals surface area contributed by atoms with Crippen molar-refractivity contribution in [2.24, 2.45) is 11.5 Å². The summed E-state index contributed by atoms with van der Waals surface area (Å²) in [4.78, 5) is 0. The van der Waals surface area contributed by atoms with Gasteiger partial charge in [-0.1, -0.05) is 143 Å². The van der Waals surface area contributed by atoms with Gasteiger partial charge in [-0.05, 0) is 25.7 Å². The highest BCUT2D eigenvalue weighted by atomic mass is 15.0. The van der Waals surface area contributed by atoms with E-state index in [2.05, 4.69) is 33.0 Å². The predicted molar refractivity (Wildman–Crippen MR) is 151 cm³/mol. The van der Waals surface area contributed by atoms with E-state index in [9.17, 15) is 0 Å². The Kier molecular flexibility index (Phi) is 24.9. The Hall–Kier alpha value is -0.120. The first-order chi connectivity index (χ1) is 16.1. The highest BCUT2D eigenvalue weighted by Gasteiger charge is 2.23. The summed E-state index contributed by atoms with van der Waals surface area (Å²) < 4.78 is 0. The van der Waals surface area contributed by atoms with Crippen LogP contribution in [0.2, 0.25) is 0 Å². The molecule has 0 rings (SSSR count). The highest BCUT2D eigenvalue weighted by molar-refractivity contribution is 4.87. The lowest BCUT2D eigenvalue weighted by molar-refractivity contribution is 0.296. The van der Waals surface area contributed by atoms with Crippen LogP contribution in [0.15, 0.2) is 0 Å². The van der Waals surface area contributed by atoms with Crippen molar-refractivity contribution in [1.82, 2.24) is 5.32 Å². The quantitative estimate of drug-likeness (QED) is 0.111. The van der Waals surface area contributed by atoms with E-state index in [1.54, 1.807) is 0 Å². The Labute approximate surface area is 210 Å². The van der Waals surface area contributed by atoms with E-state index >= 15 is 0 Å². The van der Waals surface area contributed by atoms with Crippen LogP contribution in [0, 0.1) is 0 Å². The van der Waals surface area contributed by atoms with E-state index in [0.29, 0.717) is 12.1 Å². The molecule has 0 aliphatic carbocycles. The molecular weight excluding hydrogens is 402 g/mol. The second kappa shape index (κ2) is 25.0. The minimum Gasteiger partial charge on any atom is -0.326 e. The summed E-state index contributed by atoms with van der Waals surface area (Å²) in [5.74, 6) is 0.